The van der Waals surface area contributed by atoms with Gasteiger partial charge in [0.05, 0.1) is 5.56 Å². The number of nitrogens with one attached hydrogen (secondary N) is 1. The maximum atomic E-state index is 13.1. The van der Waals surface area contributed by atoms with E-state index < -0.39 is 11.7 Å². The van der Waals surface area contributed by atoms with Crippen molar-refractivity contribution in [3.8, 4) is 0 Å². The molecule has 0 aliphatic rings. The molecule has 0 bridgehead atoms. The van der Waals surface area contributed by atoms with E-state index in [0.717, 1.165) is 18.9 Å². The van der Waals surface area contributed by atoms with Crippen LogP contribution in [0.5, 0.6) is 0 Å². The fourth-order valence-electron chi connectivity index (χ4n) is 2.41. The highest BCUT2D eigenvalue weighted by Crippen LogP contribution is 2.38. The fraction of sp³-hybridized carbons (Fsp3) is 0.571. The number of hydrogen-bond acceptors (Lipinski definition) is 1. The molecular weight excluding hydrogens is 319 g/mol. The van der Waals surface area contributed by atoms with Crippen LogP contribution in [0.3, 0.4) is 0 Å². The van der Waals surface area contributed by atoms with E-state index >= 15 is 0 Å². The van der Waals surface area contributed by atoms with Gasteiger partial charge in [0.2, 0.25) is 0 Å². The Bertz CT molecular complexity index is 418. The number of rotatable bonds is 5. The van der Waals surface area contributed by atoms with Crippen LogP contribution in [0.1, 0.15) is 43.9 Å². The molecule has 0 aromatic heterocycles. The smallest absolute Gasteiger partial charge is 0.313 e. The highest BCUT2D eigenvalue weighted by Gasteiger charge is 2.36. The quantitative estimate of drug-likeness (QED) is 0.781. The van der Waals surface area contributed by atoms with Crippen LogP contribution in [-0.2, 0) is 6.18 Å². The van der Waals surface area contributed by atoms with Crippen LogP contribution in [0, 0.1) is 5.92 Å². The molecule has 0 spiro atoms. The minimum absolute atomic E-state index is 0.150. The molecule has 1 nitrogen and oxygen atoms in total. The van der Waals surface area contributed by atoms with Crippen molar-refractivity contribution in [1.82, 2.24) is 5.32 Å². The highest BCUT2D eigenvalue weighted by molar-refractivity contribution is 9.10. The Labute approximate surface area is 120 Å². The van der Waals surface area contributed by atoms with Gasteiger partial charge in [0.1, 0.15) is 0 Å². The van der Waals surface area contributed by atoms with Crippen LogP contribution < -0.4 is 5.32 Å². The third-order valence-corrected chi connectivity index (χ3v) is 3.77. The number of hydrogen-bond donors (Lipinski definition) is 1. The lowest BCUT2D eigenvalue weighted by molar-refractivity contribution is -0.138. The van der Waals surface area contributed by atoms with Crippen molar-refractivity contribution in [2.24, 2.45) is 5.92 Å². The summed E-state index contributed by atoms with van der Waals surface area (Å²) in [4.78, 5) is 0. The molecule has 1 aromatic carbocycles. The van der Waals surface area contributed by atoms with Crippen LogP contribution in [0.25, 0.3) is 0 Å². The number of benzene rings is 1. The first-order valence-corrected chi connectivity index (χ1v) is 7.14. The molecule has 5 heteroatoms. The van der Waals surface area contributed by atoms with Crippen molar-refractivity contribution in [1.29, 1.82) is 0 Å². The summed E-state index contributed by atoms with van der Waals surface area (Å²) in [5, 5.41) is 3.02. The van der Waals surface area contributed by atoms with Gasteiger partial charge in [0, 0.05) is 10.5 Å². The minimum Gasteiger partial charge on any atom is -0.313 e. The molecule has 1 N–H and O–H groups in total. The molecule has 0 saturated heterocycles. The van der Waals surface area contributed by atoms with E-state index in [-0.39, 0.29) is 12.0 Å². The van der Waals surface area contributed by atoms with Crippen molar-refractivity contribution in [3.63, 3.8) is 0 Å². The van der Waals surface area contributed by atoms with E-state index in [1.807, 2.05) is 13.8 Å². The van der Waals surface area contributed by atoms with Gasteiger partial charge in [0.15, 0.2) is 0 Å². The van der Waals surface area contributed by atoms with Gasteiger partial charge in [0.25, 0.3) is 0 Å². The lowest BCUT2D eigenvalue weighted by atomic mass is 9.88. The van der Waals surface area contributed by atoms with Gasteiger partial charge >= 0.3 is 6.18 Å². The Morgan fingerprint density at radius 1 is 1.32 bits per heavy atom. The predicted molar refractivity (Wildman–Crippen MR) is 75.0 cm³/mol. The second-order valence-electron chi connectivity index (χ2n) is 4.76. The normalized spacial score (nSPS) is 15.3. The Hall–Kier alpha value is -0.550. The summed E-state index contributed by atoms with van der Waals surface area (Å²) in [6.45, 7) is 4.02. The van der Waals surface area contributed by atoms with Gasteiger partial charge in [-0.3, -0.25) is 0 Å². The Balaban J connectivity index is 3.23. The van der Waals surface area contributed by atoms with Crippen LogP contribution in [0.15, 0.2) is 22.7 Å². The van der Waals surface area contributed by atoms with Gasteiger partial charge in [-0.2, -0.15) is 13.2 Å². The maximum absolute atomic E-state index is 13.1. The molecule has 0 aliphatic carbocycles. The molecular formula is C14H19BrF3N. The first kappa shape index (κ1) is 16.5. The summed E-state index contributed by atoms with van der Waals surface area (Å²) in [7, 11) is 1.71. The molecule has 2 unspecified atom stereocenters. The topological polar surface area (TPSA) is 12.0 Å². The summed E-state index contributed by atoms with van der Waals surface area (Å²) < 4.78 is 39.8. The zero-order chi connectivity index (χ0) is 14.6. The van der Waals surface area contributed by atoms with Crippen LogP contribution in [0.4, 0.5) is 13.2 Å². The fourth-order valence-corrected chi connectivity index (χ4v) is 2.77. The van der Waals surface area contributed by atoms with Crippen molar-refractivity contribution in [2.45, 2.75) is 38.9 Å². The van der Waals surface area contributed by atoms with Crippen molar-refractivity contribution < 1.29 is 13.2 Å². The Morgan fingerprint density at radius 3 is 2.42 bits per heavy atom. The second-order valence-corrected chi connectivity index (χ2v) is 5.68. The highest BCUT2D eigenvalue weighted by atomic mass is 79.9. The van der Waals surface area contributed by atoms with E-state index in [1.54, 1.807) is 19.2 Å². The molecule has 2 atom stereocenters. The van der Waals surface area contributed by atoms with Crippen LogP contribution >= 0.6 is 15.9 Å². The summed E-state index contributed by atoms with van der Waals surface area (Å²) in [6.07, 6.45) is -2.49. The van der Waals surface area contributed by atoms with E-state index in [1.165, 1.54) is 0 Å². The molecule has 108 valence electrons. The average molecular weight is 338 g/mol. The van der Waals surface area contributed by atoms with Crippen molar-refractivity contribution in [2.75, 3.05) is 7.05 Å². The average Bonchev–Trinajstić information content (AvgIpc) is 2.31. The molecule has 0 radical (unpaired) electrons. The lowest BCUT2D eigenvalue weighted by Crippen LogP contribution is -2.26. The summed E-state index contributed by atoms with van der Waals surface area (Å²) in [6, 6.07) is 4.08. The zero-order valence-corrected chi connectivity index (χ0v) is 12.9. The first-order valence-electron chi connectivity index (χ1n) is 6.35. The third-order valence-electron chi connectivity index (χ3n) is 3.28. The van der Waals surface area contributed by atoms with Gasteiger partial charge in [-0.05, 0) is 37.1 Å². The van der Waals surface area contributed by atoms with Crippen LogP contribution in [0.2, 0.25) is 0 Å². The van der Waals surface area contributed by atoms with Gasteiger partial charge in [-0.1, -0.05) is 42.3 Å². The van der Waals surface area contributed by atoms with Crippen molar-refractivity contribution in [3.05, 3.63) is 33.8 Å². The Kier molecular flexibility index (Phi) is 5.86. The summed E-state index contributed by atoms with van der Waals surface area (Å²) >= 11 is 3.11. The van der Waals surface area contributed by atoms with E-state index in [2.05, 4.69) is 21.2 Å². The van der Waals surface area contributed by atoms with E-state index in [9.17, 15) is 13.2 Å². The molecule has 19 heavy (non-hydrogen) atoms. The maximum Gasteiger partial charge on any atom is 0.416 e. The monoisotopic (exact) mass is 337 g/mol. The molecule has 0 aliphatic heterocycles. The number of halogens is 4. The van der Waals surface area contributed by atoms with Gasteiger partial charge in [-0.25, -0.2) is 0 Å². The van der Waals surface area contributed by atoms with E-state index in [4.69, 9.17) is 0 Å². The van der Waals surface area contributed by atoms with Crippen molar-refractivity contribution >= 4 is 15.9 Å². The minimum atomic E-state index is -4.33. The largest absolute Gasteiger partial charge is 0.416 e. The van der Waals surface area contributed by atoms with Crippen LogP contribution in [-0.4, -0.2) is 7.05 Å². The molecule has 1 rings (SSSR count). The zero-order valence-electron chi connectivity index (χ0n) is 11.3. The Morgan fingerprint density at radius 2 is 1.95 bits per heavy atom. The summed E-state index contributed by atoms with van der Waals surface area (Å²) in [5.74, 6) is 0.150. The van der Waals surface area contributed by atoms with Gasteiger partial charge in [-0.15, -0.1) is 0 Å². The third kappa shape index (κ3) is 4.21. The molecule has 0 amide bonds. The predicted octanol–water partition coefficient (Wildman–Crippen LogP) is 5.16. The summed E-state index contributed by atoms with van der Waals surface area (Å²) in [5.41, 5.74) is -0.247. The number of alkyl halides is 3. The second kappa shape index (κ2) is 6.75. The molecule has 1 aromatic rings. The lowest BCUT2D eigenvalue weighted by Gasteiger charge is -2.27. The molecule has 0 heterocycles. The van der Waals surface area contributed by atoms with E-state index in [0.29, 0.717) is 10.0 Å². The molecule has 0 saturated carbocycles. The standard InChI is InChI=1S/C14H19BrF3N/c1-4-5-9(2)13(19-3)11-7-6-10(15)8-12(11)14(16,17)18/h6-9,13,19H,4-5H2,1-3H3. The molecule has 0 fully saturated rings. The van der Waals surface area contributed by atoms with Gasteiger partial charge < -0.3 is 5.32 Å². The first-order chi connectivity index (χ1) is 8.81. The SMILES string of the molecule is CCCC(C)C(NC)c1ccc(Br)cc1C(F)(F)F.